The van der Waals surface area contributed by atoms with E-state index in [0.29, 0.717) is 10.2 Å². The maximum Gasteiger partial charge on any atom is 0.333 e. The summed E-state index contributed by atoms with van der Waals surface area (Å²) in [4.78, 5) is 17.3. The second-order valence-corrected chi connectivity index (χ2v) is 6.93. The van der Waals surface area contributed by atoms with Crippen LogP contribution in [-0.2, 0) is 13.0 Å². The minimum Gasteiger partial charge on any atom is -0.328 e. The first kappa shape index (κ1) is 17.0. The maximum atomic E-state index is 15.0. The Kier molecular flexibility index (Phi) is 3.94. The number of hydrogen-bond donors (Lipinski definition) is 0. The highest BCUT2D eigenvalue weighted by atomic mass is 19.3. The van der Waals surface area contributed by atoms with Crippen LogP contribution in [0.15, 0.2) is 54.9 Å². The van der Waals surface area contributed by atoms with Crippen molar-refractivity contribution in [2.75, 3.05) is 0 Å². The SMILES string of the molecule is [2H]C1([2H])c2ncccc2C(=O)N1Cc1c(F)cc(-c2cccc3c2cnn3C(F)F)cc1F. The van der Waals surface area contributed by atoms with Crippen LogP contribution >= 0.6 is 0 Å². The zero-order valence-electron chi connectivity index (χ0n) is 17.7. The molecule has 31 heavy (non-hydrogen) atoms. The molecule has 0 radical (unpaired) electrons. The van der Waals surface area contributed by atoms with E-state index in [-0.39, 0.29) is 27.7 Å². The van der Waals surface area contributed by atoms with Crippen molar-refractivity contribution >= 4 is 16.8 Å². The molecule has 5 nitrogen and oxygen atoms in total. The first-order valence-corrected chi connectivity index (χ1v) is 9.20. The average Bonchev–Trinajstić information content (AvgIpc) is 3.29. The van der Waals surface area contributed by atoms with Gasteiger partial charge in [-0.15, -0.1) is 0 Å². The fraction of sp³-hybridized carbons (Fsp3) is 0.136. The Hall–Kier alpha value is -3.75. The second-order valence-electron chi connectivity index (χ2n) is 6.93. The van der Waals surface area contributed by atoms with Crippen LogP contribution in [0.2, 0.25) is 0 Å². The number of nitrogens with zero attached hydrogens (tertiary/aromatic N) is 4. The molecule has 0 bridgehead atoms. The molecule has 3 heterocycles. The number of amides is 1. The molecule has 156 valence electrons. The van der Waals surface area contributed by atoms with Crippen LogP contribution in [0.1, 0.15) is 30.9 Å². The molecule has 0 atom stereocenters. The van der Waals surface area contributed by atoms with Crippen molar-refractivity contribution in [3.8, 4) is 11.1 Å². The third kappa shape index (κ3) is 3.13. The van der Waals surface area contributed by atoms with E-state index in [1.54, 1.807) is 0 Å². The van der Waals surface area contributed by atoms with Crippen LogP contribution in [0.4, 0.5) is 17.6 Å². The van der Waals surface area contributed by atoms with Gasteiger partial charge in [-0.3, -0.25) is 9.78 Å². The summed E-state index contributed by atoms with van der Waals surface area (Å²) in [5.74, 6) is -2.73. The lowest BCUT2D eigenvalue weighted by Gasteiger charge is -2.17. The van der Waals surface area contributed by atoms with Gasteiger partial charge in [0.2, 0.25) is 0 Å². The van der Waals surface area contributed by atoms with Crippen LogP contribution in [-0.4, -0.2) is 25.6 Å². The molecule has 1 aliphatic rings. The fourth-order valence-corrected chi connectivity index (χ4v) is 3.65. The van der Waals surface area contributed by atoms with E-state index in [4.69, 9.17) is 2.74 Å². The number of hydrogen-bond acceptors (Lipinski definition) is 3. The minimum absolute atomic E-state index is 0.0302. The third-order valence-corrected chi connectivity index (χ3v) is 5.12. The highest BCUT2D eigenvalue weighted by Gasteiger charge is 2.29. The van der Waals surface area contributed by atoms with E-state index >= 15 is 8.78 Å². The predicted octanol–water partition coefficient (Wildman–Crippen LogP) is 4.93. The largest absolute Gasteiger partial charge is 0.333 e. The van der Waals surface area contributed by atoms with E-state index in [9.17, 15) is 13.6 Å². The Morgan fingerprint density at radius 3 is 2.55 bits per heavy atom. The quantitative estimate of drug-likeness (QED) is 0.433. The Morgan fingerprint density at radius 2 is 1.84 bits per heavy atom. The molecule has 2 aromatic carbocycles. The molecular weight excluding hydrogens is 412 g/mol. The molecule has 0 N–H and O–H groups in total. The van der Waals surface area contributed by atoms with Crippen molar-refractivity contribution in [3.63, 3.8) is 0 Å². The number of aromatic nitrogens is 3. The highest BCUT2D eigenvalue weighted by molar-refractivity contribution is 5.97. The Labute approximate surface area is 176 Å². The van der Waals surface area contributed by atoms with Gasteiger partial charge in [0.25, 0.3) is 5.91 Å². The topological polar surface area (TPSA) is 51.0 Å². The second kappa shape index (κ2) is 7.19. The first-order chi connectivity index (χ1) is 15.7. The molecule has 0 fully saturated rings. The van der Waals surface area contributed by atoms with Gasteiger partial charge in [0, 0.05) is 17.1 Å². The number of rotatable bonds is 4. The van der Waals surface area contributed by atoms with Gasteiger partial charge in [0.15, 0.2) is 0 Å². The maximum absolute atomic E-state index is 15.0. The van der Waals surface area contributed by atoms with Crippen LogP contribution in [0.25, 0.3) is 22.0 Å². The molecular formula is C22H14F4N4O. The fourth-order valence-electron chi connectivity index (χ4n) is 3.65. The zero-order valence-corrected chi connectivity index (χ0v) is 15.7. The summed E-state index contributed by atoms with van der Waals surface area (Å²) in [6.07, 6.45) is 2.53. The normalized spacial score (nSPS) is 16.0. The number of alkyl halides is 2. The van der Waals surface area contributed by atoms with Crippen LogP contribution in [0.3, 0.4) is 0 Å². The Bertz CT molecular complexity index is 1400. The van der Waals surface area contributed by atoms with Crippen molar-refractivity contribution in [1.29, 1.82) is 0 Å². The lowest BCUT2D eigenvalue weighted by Crippen LogP contribution is -2.24. The standard InChI is InChI=1S/C22H14F4N4O/c23-17-7-12(13-3-1-5-20-15(13)9-28-30(20)22(25)26)8-18(24)16(17)10-29-11-19-14(21(29)31)4-2-6-27-19/h1-9,22H,10-11H2/i11D2. The van der Waals surface area contributed by atoms with Crippen molar-refractivity contribution in [2.24, 2.45) is 0 Å². The van der Waals surface area contributed by atoms with Crippen LogP contribution in [0.5, 0.6) is 0 Å². The number of carbonyl (C=O) groups excluding carboxylic acids is 1. The van der Waals surface area contributed by atoms with E-state index < -0.39 is 42.7 Å². The molecule has 0 saturated heterocycles. The van der Waals surface area contributed by atoms with E-state index in [1.165, 1.54) is 42.7 Å². The van der Waals surface area contributed by atoms with Crippen molar-refractivity contribution in [1.82, 2.24) is 19.7 Å². The summed E-state index contributed by atoms with van der Waals surface area (Å²) < 4.78 is 73.4. The molecule has 0 unspecified atom stereocenters. The molecule has 1 amide bonds. The van der Waals surface area contributed by atoms with Crippen molar-refractivity contribution in [3.05, 3.63) is 83.3 Å². The van der Waals surface area contributed by atoms with Crippen LogP contribution < -0.4 is 0 Å². The molecule has 5 rings (SSSR count). The van der Waals surface area contributed by atoms with Gasteiger partial charge in [0.05, 0.1) is 38.8 Å². The number of carbonyl (C=O) groups is 1. The van der Waals surface area contributed by atoms with Crippen LogP contribution in [0, 0.1) is 11.6 Å². The highest BCUT2D eigenvalue weighted by Crippen LogP contribution is 2.33. The van der Waals surface area contributed by atoms with Gasteiger partial charge in [-0.25, -0.2) is 13.5 Å². The number of benzene rings is 2. The number of pyridine rings is 1. The summed E-state index contributed by atoms with van der Waals surface area (Å²) >= 11 is 0. The molecule has 0 aliphatic carbocycles. The monoisotopic (exact) mass is 428 g/mol. The summed E-state index contributed by atoms with van der Waals surface area (Å²) in [6, 6.07) is 9.35. The van der Waals surface area contributed by atoms with Crippen molar-refractivity contribution < 1.29 is 25.1 Å². The summed E-state index contributed by atoms with van der Waals surface area (Å²) in [5.41, 5.74) is -0.0904. The van der Waals surface area contributed by atoms with Gasteiger partial charge >= 0.3 is 6.55 Å². The lowest BCUT2D eigenvalue weighted by atomic mass is 9.99. The third-order valence-electron chi connectivity index (χ3n) is 5.12. The van der Waals surface area contributed by atoms with E-state index in [0.717, 1.165) is 17.0 Å². The Morgan fingerprint density at radius 1 is 1.10 bits per heavy atom. The summed E-state index contributed by atoms with van der Waals surface area (Å²) in [7, 11) is 0. The Balaban J connectivity index is 1.54. The van der Waals surface area contributed by atoms with Gasteiger partial charge in [0.1, 0.15) is 11.6 Å². The predicted molar refractivity (Wildman–Crippen MR) is 104 cm³/mol. The van der Waals surface area contributed by atoms with Gasteiger partial charge < -0.3 is 4.90 Å². The molecule has 0 saturated carbocycles. The minimum atomic E-state index is -2.87. The smallest absolute Gasteiger partial charge is 0.328 e. The van der Waals surface area contributed by atoms with E-state index in [1.807, 2.05) is 0 Å². The molecule has 9 heteroatoms. The number of halogens is 4. The molecule has 1 aliphatic heterocycles. The molecule has 4 aromatic rings. The zero-order chi connectivity index (χ0) is 23.5. The lowest BCUT2D eigenvalue weighted by molar-refractivity contribution is 0.0615. The number of fused-ring (bicyclic) bond motifs is 2. The van der Waals surface area contributed by atoms with Gasteiger partial charge in [-0.05, 0) is 41.5 Å². The summed E-state index contributed by atoms with van der Waals surface area (Å²) in [5, 5.41) is 3.93. The molecule has 0 spiro atoms. The van der Waals surface area contributed by atoms with E-state index in [2.05, 4.69) is 10.1 Å². The summed E-state index contributed by atoms with van der Waals surface area (Å²) in [6.45, 7) is -5.88. The average molecular weight is 428 g/mol. The first-order valence-electron chi connectivity index (χ1n) is 10.2. The van der Waals surface area contributed by atoms with Crippen molar-refractivity contribution in [2.45, 2.75) is 19.6 Å². The molecule has 2 aromatic heterocycles. The van der Waals surface area contributed by atoms with Gasteiger partial charge in [-0.2, -0.15) is 13.9 Å². The van der Waals surface area contributed by atoms with Gasteiger partial charge in [-0.1, -0.05) is 12.1 Å².